The molecule has 0 saturated carbocycles. The van der Waals surface area contributed by atoms with Crippen LogP contribution in [0.25, 0.3) is 0 Å². The Morgan fingerprint density at radius 3 is 2.75 bits per heavy atom. The quantitative estimate of drug-likeness (QED) is 0.762. The minimum atomic E-state index is -0.547. The number of halogens is 2. The van der Waals surface area contributed by atoms with Crippen LogP contribution < -0.4 is 5.69 Å². The predicted molar refractivity (Wildman–Crippen MR) is 52.9 cm³/mol. The van der Waals surface area contributed by atoms with Crippen molar-refractivity contribution in [1.82, 2.24) is 14.3 Å². The van der Waals surface area contributed by atoms with Crippen LogP contribution in [0.4, 0.5) is 8.78 Å². The minimum absolute atomic E-state index is 0.0427. The van der Waals surface area contributed by atoms with E-state index in [1.807, 2.05) is 0 Å². The summed E-state index contributed by atoms with van der Waals surface area (Å²) in [4.78, 5) is 14.8. The largest absolute Gasteiger partial charge is 0.364 e. The van der Waals surface area contributed by atoms with Crippen LogP contribution in [0, 0.1) is 11.6 Å². The number of aromatic nitrogens is 3. The van der Waals surface area contributed by atoms with E-state index >= 15 is 0 Å². The fourth-order valence-corrected chi connectivity index (χ4v) is 1.40. The molecule has 1 aromatic heterocycles. The van der Waals surface area contributed by atoms with Crippen molar-refractivity contribution in [3.05, 3.63) is 52.2 Å². The van der Waals surface area contributed by atoms with Crippen LogP contribution in [0.5, 0.6) is 0 Å². The molecule has 0 aliphatic rings. The van der Waals surface area contributed by atoms with E-state index in [-0.39, 0.29) is 12.1 Å². The van der Waals surface area contributed by atoms with E-state index in [1.165, 1.54) is 15.7 Å². The van der Waals surface area contributed by atoms with Gasteiger partial charge in [-0.3, -0.25) is 4.68 Å². The third-order valence-electron chi connectivity index (χ3n) is 2.26. The summed E-state index contributed by atoms with van der Waals surface area (Å²) in [6, 6.07) is 3.13. The highest BCUT2D eigenvalue weighted by Crippen LogP contribution is 2.10. The Labute approximate surface area is 89.7 Å². The molecule has 0 bridgehead atoms. The van der Waals surface area contributed by atoms with Gasteiger partial charge in [-0.2, -0.15) is 4.98 Å². The summed E-state index contributed by atoms with van der Waals surface area (Å²) in [5.41, 5.74) is -0.378. The Morgan fingerprint density at radius 1 is 1.38 bits per heavy atom. The van der Waals surface area contributed by atoms with Gasteiger partial charge in [0, 0.05) is 12.6 Å². The molecule has 0 fully saturated rings. The van der Waals surface area contributed by atoms with Crippen LogP contribution in [0.15, 0.2) is 29.3 Å². The van der Waals surface area contributed by atoms with E-state index < -0.39 is 17.3 Å². The number of benzene rings is 1. The van der Waals surface area contributed by atoms with E-state index in [4.69, 9.17) is 0 Å². The van der Waals surface area contributed by atoms with Crippen molar-refractivity contribution in [1.29, 1.82) is 0 Å². The molecular weight excluding hydrogens is 216 g/mol. The summed E-state index contributed by atoms with van der Waals surface area (Å²) < 4.78 is 28.8. The number of rotatable bonds is 2. The SMILES string of the molecule is Cn1cnc(=O)n1Cc1cc(F)ccc1F. The first-order valence-corrected chi connectivity index (χ1v) is 4.60. The maximum absolute atomic E-state index is 13.3. The van der Waals surface area contributed by atoms with E-state index in [9.17, 15) is 13.6 Å². The molecular formula is C10H9F2N3O. The van der Waals surface area contributed by atoms with E-state index in [0.29, 0.717) is 0 Å². The first-order valence-electron chi connectivity index (χ1n) is 4.60. The zero-order chi connectivity index (χ0) is 11.7. The van der Waals surface area contributed by atoms with Crippen molar-refractivity contribution in [2.24, 2.45) is 7.05 Å². The Kier molecular flexibility index (Phi) is 2.55. The summed E-state index contributed by atoms with van der Waals surface area (Å²) >= 11 is 0. The van der Waals surface area contributed by atoms with Gasteiger partial charge in [-0.1, -0.05) is 0 Å². The molecule has 4 nitrogen and oxygen atoms in total. The highest BCUT2D eigenvalue weighted by molar-refractivity contribution is 5.18. The zero-order valence-corrected chi connectivity index (χ0v) is 8.52. The van der Waals surface area contributed by atoms with Gasteiger partial charge >= 0.3 is 5.69 Å². The van der Waals surface area contributed by atoms with Crippen LogP contribution >= 0.6 is 0 Å². The monoisotopic (exact) mass is 225 g/mol. The number of hydrogen-bond donors (Lipinski definition) is 0. The lowest BCUT2D eigenvalue weighted by molar-refractivity contribution is 0.509. The van der Waals surface area contributed by atoms with E-state index in [2.05, 4.69) is 4.98 Å². The Morgan fingerprint density at radius 2 is 2.12 bits per heavy atom. The van der Waals surface area contributed by atoms with Gasteiger partial charge in [-0.05, 0) is 18.2 Å². The smallest absolute Gasteiger partial charge is 0.273 e. The molecule has 0 atom stereocenters. The molecule has 1 heterocycles. The van der Waals surface area contributed by atoms with Crippen LogP contribution in [-0.2, 0) is 13.6 Å². The molecule has 2 rings (SSSR count). The molecule has 0 unspecified atom stereocenters. The average Bonchev–Trinajstić information content (AvgIpc) is 2.55. The topological polar surface area (TPSA) is 39.8 Å². The maximum atomic E-state index is 13.3. The van der Waals surface area contributed by atoms with Crippen molar-refractivity contribution < 1.29 is 8.78 Å². The van der Waals surface area contributed by atoms with Gasteiger partial charge in [0.15, 0.2) is 0 Å². The fourth-order valence-electron chi connectivity index (χ4n) is 1.40. The first-order chi connectivity index (χ1) is 7.58. The lowest BCUT2D eigenvalue weighted by Crippen LogP contribution is -2.23. The second kappa shape index (κ2) is 3.88. The second-order valence-corrected chi connectivity index (χ2v) is 3.39. The molecule has 0 radical (unpaired) electrons. The third kappa shape index (κ3) is 1.86. The normalized spacial score (nSPS) is 10.7. The molecule has 2 aromatic rings. The van der Waals surface area contributed by atoms with Crippen LogP contribution in [-0.4, -0.2) is 14.3 Å². The fraction of sp³-hybridized carbons (Fsp3) is 0.200. The molecule has 84 valence electrons. The summed E-state index contributed by atoms with van der Waals surface area (Å²) in [7, 11) is 1.60. The summed E-state index contributed by atoms with van der Waals surface area (Å²) in [6.45, 7) is -0.0427. The summed E-state index contributed by atoms with van der Waals surface area (Å²) in [5, 5.41) is 0. The lowest BCUT2D eigenvalue weighted by Gasteiger charge is -2.06. The minimum Gasteiger partial charge on any atom is -0.273 e. The van der Waals surface area contributed by atoms with Gasteiger partial charge in [0.2, 0.25) is 0 Å². The Balaban J connectivity index is 2.41. The van der Waals surface area contributed by atoms with Crippen LogP contribution in [0.2, 0.25) is 0 Å². The van der Waals surface area contributed by atoms with Crippen molar-refractivity contribution in [3.63, 3.8) is 0 Å². The van der Waals surface area contributed by atoms with Gasteiger partial charge < -0.3 is 0 Å². The third-order valence-corrected chi connectivity index (χ3v) is 2.26. The van der Waals surface area contributed by atoms with Crippen LogP contribution in [0.3, 0.4) is 0 Å². The maximum Gasteiger partial charge on any atom is 0.364 e. The molecule has 0 aliphatic carbocycles. The molecule has 0 amide bonds. The highest BCUT2D eigenvalue weighted by Gasteiger charge is 2.08. The Bertz CT molecular complexity index is 574. The van der Waals surface area contributed by atoms with Crippen molar-refractivity contribution in [3.8, 4) is 0 Å². The van der Waals surface area contributed by atoms with Gasteiger partial charge in [0.25, 0.3) is 0 Å². The summed E-state index contributed by atoms with van der Waals surface area (Å²) in [5.74, 6) is -1.08. The molecule has 1 aromatic carbocycles. The molecule has 0 spiro atoms. The molecule has 0 aliphatic heterocycles. The lowest BCUT2D eigenvalue weighted by atomic mass is 10.2. The molecule has 0 N–H and O–H groups in total. The molecule has 0 saturated heterocycles. The van der Waals surface area contributed by atoms with Crippen molar-refractivity contribution in [2.75, 3.05) is 0 Å². The predicted octanol–water partition coefficient (Wildman–Crippen LogP) is 0.908. The van der Waals surface area contributed by atoms with Gasteiger partial charge in [0.05, 0.1) is 6.54 Å². The van der Waals surface area contributed by atoms with Crippen LogP contribution in [0.1, 0.15) is 5.56 Å². The van der Waals surface area contributed by atoms with Gasteiger partial charge in [-0.15, -0.1) is 0 Å². The second-order valence-electron chi connectivity index (χ2n) is 3.39. The Hall–Kier alpha value is -1.98. The van der Waals surface area contributed by atoms with Crippen molar-refractivity contribution >= 4 is 0 Å². The van der Waals surface area contributed by atoms with Crippen molar-refractivity contribution in [2.45, 2.75) is 6.54 Å². The average molecular weight is 225 g/mol. The number of aryl methyl sites for hydroxylation is 1. The van der Waals surface area contributed by atoms with E-state index in [1.54, 1.807) is 7.05 Å². The van der Waals surface area contributed by atoms with Gasteiger partial charge in [0.1, 0.15) is 18.0 Å². The molecule has 16 heavy (non-hydrogen) atoms. The van der Waals surface area contributed by atoms with E-state index in [0.717, 1.165) is 18.2 Å². The first kappa shape index (κ1) is 10.5. The molecule has 6 heteroatoms. The van der Waals surface area contributed by atoms with Gasteiger partial charge in [-0.25, -0.2) is 18.3 Å². The number of nitrogens with zero attached hydrogens (tertiary/aromatic N) is 3. The highest BCUT2D eigenvalue weighted by atomic mass is 19.1. The standard InChI is InChI=1S/C10H9F2N3O/c1-14-6-13-10(16)15(14)5-7-4-8(11)2-3-9(7)12/h2-4,6H,5H2,1H3. The zero-order valence-electron chi connectivity index (χ0n) is 8.52. The summed E-state index contributed by atoms with van der Waals surface area (Å²) in [6.07, 6.45) is 1.32. The number of hydrogen-bond acceptors (Lipinski definition) is 2.